The van der Waals surface area contributed by atoms with E-state index >= 15 is 0 Å². The monoisotopic (exact) mass is 726 g/mol. The van der Waals surface area contributed by atoms with Crippen LogP contribution < -0.4 is 0 Å². The summed E-state index contributed by atoms with van der Waals surface area (Å²) < 4.78 is 2.22. The van der Waals surface area contributed by atoms with E-state index in [0.29, 0.717) is 17.6 Å². The van der Waals surface area contributed by atoms with Crippen molar-refractivity contribution in [1.82, 2.24) is 29.5 Å². The molecular formula is C51H30N6. The first-order valence-corrected chi connectivity index (χ1v) is 19.1. The maximum atomic E-state index is 5.26. The van der Waals surface area contributed by atoms with Crippen molar-refractivity contribution in [3.63, 3.8) is 0 Å². The van der Waals surface area contributed by atoms with Crippen LogP contribution in [0.4, 0.5) is 0 Å². The summed E-state index contributed by atoms with van der Waals surface area (Å²) in [6, 6.07) is 61.6. The fourth-order valence-electron chi connectivity index (χ4n) is 8.57. The summed E-state index contributed by atoms with van der Waals surface area (Å²) in [7, 11) is 0. The van der Waals surface area contributed by atoms with Crippen molar-refractivity contribution < 1.29 is 0 Å². The first kappa shape index (κ1) is 31.5. The highest BCUT2D eigenvalue weighted by Crippen LogP contribution is 2.42. The number of nitrogens with zero attached hydrogens (tertiary/aromatic N) is 6. The van der Waals surface area contributed by atoms with Gasteiger partial charge >= 0.3 is 0 Å². The van der Waals surface area contributed by atoms with Crippen molar-refractivity contribution in [2.75, 3.05) is 0 Å². The van der Waals surface area contributed by atoms with Gasteiger partial charge < -0.3 is 0 Å². The number of pyridine rings is 2. The number of fused-ring (bicyclic) bond motifs is 12. The van der Waals surface area contributed by atoms with E-state index in [2.05, 4.69) is 114 Å². The Kier molecular flexibility index (Phi) is 6.83. The maximum Gasteiger partial charge on any atom is 0.238 e. The van der Waals surface area contributed by atoms with E-state index in [0.717, 1.165) is 66.0 Å². The van der Waals surface area contributed by atoms with Crippen LogP contribution in [0.15, 0.2) is 182 Å². The molecule has 0 fully saturated rings. The summed E-state index contributed by atoms with van der Waals surface area (Å²) >= 11 is 0. The van der Waals surface area contributed by atoms with Crippen LogP contribution in [0.2, 0.25) is 0 Å². The number of rotatable bonds is 4. The Bertz CT molecular complexity index is 3520. The Hall–Kier alpha value is -7.83. The van der Waals surface area contributed by atoms with Crippen LogP contribution in [0, 0.1) is 0 Å². The topological polar surface area (TPSA) is 69.4 Å². The first-order chi connectivity index (χ1) is 28.2. The van der Waals surface area contributed by atoms with Crippen LogP contribution in [-0.2, 0) is 0 Å². The molecule has 12 rings (SSSR count). The van der Waals surface area contributed by atoms with Gasteiger partial charge in [0.15, 0.2) is 11.6 Å². The van der Waals surface area contributed by atoms with E-state index < -0.39 is 0 Å². The molecule has 0 N–H and O–H groups in total. The number of benzene rings is 8. The van der Waals surface area contributed by atoms with Gasteiger partial charge in [-0.2, -0.15) is 9.97 Å². The fourth-order valence-corrected chi connectivity index (χ4v) is 8.57. The van der Waals surface area contributed by atoms with Crippen LogP contribution in [-0.4, -0.2) is 29.5 Å². The van der Waals surface area contributed by atoms with Crippen LogP contribution in [0.1, 0.15) is 0 Å². The van der Waals surface area contributed by atoms with Crippen molar-refractivity contribution in [3.8, 4) is 40.0 Å². The zero-order valence-electron chi connectivity index (χ0n) is 30.5. The number of aromatic nitrogens is 6. The molecule has 0 spiro atoms. The molecule has 8 aromatic carbocycles. The summed E-state index contributed by atoms with van der Waals surface area (Å²) in [6.45, 7) is 0. The third kappa shape index (κ3) is 4.94. The molecule has 0 bridgehead atoms. The molecule has 4 heterocycles. The predicted molar refractivity (Wildman–Crippen MR) is 234 cm³/mol. The average molecular weight is 727 g/mol. The Labute approximate surface area is 326 Å². The average Bonchev–Trinajstić information content (AvgIpc) is 3.61. The molecule has 264 valence electrons. The van der Waals surface area contributed by atoms with Crippen LogP contribution >= 0.6 is 0 Å². The van der Waals surface area contributed by atoms with Gasteiger partial charge in [0.25, 0.3) is 0 Å². The minimum absolute atomic E-state index is 0.547. The minimum atomic E-state index is 0.547. The molecule has 0 aliphatic heterocycles. The predicted octanol–water partition coefficient (Wildman–Crippen LogP) is 12.5. The number of hydrogen-bond donors (Lipinski definition) is 0. The number of hydrogen-bond acceptors (Lipinski definition) is 5. The molecule has 0 unspecified atom stereocenters. The van der Waals surface area contributed by atoms with E-state index in [1.54, 1.807) is 0 Å². The molecular weight excluding hydrogens is 697 g/mol. The molecule has 57 heavy (non-hydrogen) atoms. The summed E-state index contributed by atoms with van der Waals surface area (Å²) in [4.78, 5) is 25.5. The van der Waals surface area contributed by atoms with Gasteiger partial charge in [-0.15, -0.1) is 0 Å². The molecule has 0 saturated heterocycles. The van der Waals surface area contributed by atoms with E-state index in [9.17, 15) is 0 Å². The van der Waals surface area contributed by atoms with E-state index in [1.807, 2.05) is 72.9 Å². The third-order valence-electron chi connectivity index (χ3n) is 11.2. The molecule has 0 aliphatic rings. The zero-order valence-corrected chi connectivity index (χ0v) is 30.5. The summed E-state index contributed by atoms with van der Waals surface area (Å²) in [5.41, 5.74) is 7.47. The summed E-state index contributed by atoms with van der Waals surface area (Å²) in [5.74, 6) is 1.77. The second-order valence-electron chi connectivity index (χ2n) is 14.5. The molecule has 6 nitrogen and oxygen atoms in total. The maximum absolute atomic E-state index is 5.26. The molecule has 0 saturated carbocycles. The van der Waals surface area contributed by atoms with E-state index in [1.165, 1.54) is 32.3 Å². The zero-order chi connectivity index (χ0) is 37.5. The van der Waals surface area contributed by atoms with Crippen LogP contribution in [0.3, 0.4) is 0 Å². The van der Waals surface area contributed by atoms with Gasteiger partial charge in [-0.25, -0.2) is 9.97 Å². The van der Waals surface area contributed by atoms with Crippen molar-refractivity contribution in [3.05, 3.63) is 182 Å². The lowest BCUT2D eigenvalue weighted by Gasteiger charge is -2.13. The SMILES string of the molecule is c1ccc(-c2nc(-c3ccccc3)nc(-n3c4cc(-c5ccc6ccc7cccnc7c6n5)ccc4c4cc5c6ccccc6c6ccccc6c5cc43)n2)cc1. The van der Waals surface area contributed by atoms with Crippen molar-refractivity contribution in [1.29, 1.82) is 0 Å². The molecule has 6 heteroatoms. The quantitative estimate of drug-likeness (QED) is 0.169. The third-order valence-corrected chi connectivity index (χ3v) is 11.2. The lowest BCUT2D eigenvalue weighted by atomic mass is 9.93. The first-order valence-electron chi connectivity index (χ1n) is 19.1. The van der Waals surface area contributed by atoms with Gasteiger partial charge in [0.2, 0.25) is 5.95 Å². The summed E-state index contributed by atoms with van der Waals surface area (Å²) in [5, 5.41) is 11.6. The van der Waals surface area contributed by atoms with Gasteiger partial charge in [0, 0.05) is 44.4 Å². The van der Waals surface area contributed by atoms with Gasteiger partial charge in [-0.3, -0.25) is 9.55 Å². The Morgan fingerprint density at radius 2 is 0.895 bits per heavy atom. The van der Waals surface area contributed by atoms with E-state index in [-0.39, 0.29) is 0 Å². The highest BCUT2D eigenvalue weighted by molar-refractivity contribution is 6.28. The standard InChI is InChI=1S/C51H30N6/c1-3-12-33(13-4-1)49-54-50(34-14-5-2-6-15-34)56-51(55-49)57-45-28-35(44-26-24-32-22-21-31-16-11-27-52-47(31)48(32)53-44)23-25-40(45)43-29-41-38-19-9-7-17-36(38)37-18-8-10-20-39(37)42(41)30-46(43)57/h1-30H. The van der Waals surface area contributed by atoms with Crippen LogP contribution in [0.25, 0.3) is 116 Å². The normalized spacial score (nSPS) is 11.9. The molecule has 0 radical (unpaired) electrons. The smallest absolute Gasteiger partial charge is 0.238 e. The van der Waals surface area contributed by atoms with Crippen molar-refractivity contribution in [2.45, 2.75) is 0 Å². The van der Waals surface area contributed by atoms with Gasteiger partial charge in [-0.05, 0) is 62.6 Å². The van der Waals surface area contributed by atoms with Gasteiger partial charge in [0.05, 0.1) is 27.8 Å². The molecule has 0 aliphatic carbocycles. The summed E-state index contributed by atoms with van der Waals surface area (Å²) in [6.07, 6.45) is 1.83. The highest BCUT2D eigenvalue weighted by atomic mass is 15.2. The molecule has 4 aromatic heterocycles. The largest absolute Gasteiger partial charge is 0.278 e. The Morgan fingerprint density at radius 3 is 1.56 bits per heavy atom. The molecule has 0 amide bonds. The lowest BCUT2D eigenvalue weighted by molar-refractivity contribution is 0.954. The lowest BCUT2D eigenvalue weighted by Crippen LogP contribution is -2.06. The van der Waals surface area contributed by atoms with Gasteiger partial charge in [0.1, 0.15) is 0 Å². The second-order valence-corrected chi connectivity index (χ2v) is 14.5. The molecule has 12 aromatic rings. The Morgan fingerprint density at radius 1 is 0.333 bits per heavy atom. The van der Waals surface area contributed by atoms with Crippen LogP contribution in [0.5, 0.6) is 0 Å². The second kappa shape index (κ2) is 12.3. The molecule has 0 atom stereocenters. The fraction of sp³-hybridized carbons (Fsp3) is 0. The van der Waals surface area contributed by atoms with E-state index in [4.69, 9.17) is 24.9 Å². The Balaban J connectivity index is 1.20. The minimum Gasteiger partial charge on any atom is -0.278 e. The van der Waals surface area contributed by atoms with Crippen molar-refractivity contribution >= 4 is 75.9 Å². The van der Waals surface area contributed by atoms with Crippen molar-refractivity contribution in [2.24, 2.45) is 0 Å². The van der Waals surface area contributed by atoms with Gasteiger partial charge in [-0.1, -0.05) is 146 Å². The highest BCUT2D eigenvalue weighted by Gasteiger charge is 2.21.